The molecule has 1 aliphatic heterocycles. The molecular weight excluding hydrogens is 270 g/mol. The van der Waals surface area contributed by atoms with Gasteiger partial charge in [0.05, 0.1) is 0 Å². The van der Waals surface area contributed by atoms with E-state index in [0.29, 0.717) is 0 Å². The number of cyclic esters (lactones) is 1. The molecule has 0 amide bonds. The highest BCUT2D eigenvalue weighted by atomic mass is 32.2. The Hall–Kier alpha value is -0.820. The molecule has 1 aromatic rings. The molecule has 7 heteroatoms. The van der Waals surface area contributed by atoms with E-state index >= 15 is 0 Å². The Morgan fingerprint density at radius 1 is 1.56 bits per heavy atom. The smallest absolute Gasteiger partial charge is 0.319 e. The lowest BCUT2D eigenvalue weighted by Gasteiger charge is -2.00. The van der Waals surface area contributed by atoms with Crippen LogP contribution in [0.15, 0.2) is 4.34 Å². The number of nitrogens with one attached hydrogen (secondary N) is 1. The van der Waals surface area contributed by atoms with Crippen molar-refractivity contribution in [1.29, 1.82) is 0 Å². The molecule has 1 fully saturated rings. The highest BCUT2D eigenvalue weighted by Gasteiger charge is 2.33. The van der Waals surface area contributed by atoms with E-state index in [2.05, 4.69) is 22.4 Å². The van der Waals surface area contributed by atoms with Crippen molar-refractivity contribution in [2.45, 2.75) is 48.8 Å². The number of thioether (sulfide) groups is 1. The van der Waals surface area contributed by atoms with E-state index in [9.17, 15) is 4.79 Å². The molecule has 5 nitrogen and oxygen atoms in total. The number of carbonyl (C=O) groups excluding carboxylic acids is 1. The first-order valence-electron chi connectivity index (χ1n) is 6.13. The number of aromatic nitrogens is 2. The SMILES string of the molecule is CCCCNc1nnc(S[C@@H]2C[C@H](C)OC2=O)s1. The zero-order chi connectivity index (χ0) is 13.0. The van der Waals surface area contributed by atoms with Gasteiger partial charge in [0.25, 0.3) is 0 Å². The average Bonchev–Trinajstić information content (AvgIpc) is 2.88. The fourth-order valence-electron chi connectivity index (χ4n) is 1.64. The molecular formula is C11H17N3O2S2. The molecule has 1 aromatic heterocycles. The first-order chi connectivity index (χ1) is 8.69. The lowest BCUT2D eigenvalue weighted by Crippen LogP contribution is -2.08. The summed E-state index contributed by atoms with van der Waals surface area (Å²) < 4.78 is 5.94. The second-order valence-electron chi connectivity index (χ2n) is 4.24. The van der Waals surface area contributed by atoms with Crippen molar-refractivity contribution in [3.63, 3.8) is 0 Å². The molecule has 2 rings (SSSR count). The van der Waals surface area contributed by atoms with Crippen LogP contribution in [0.4, 0.5) is 5.13 Å². The van der Waals surface area contributed by atoms with Gasteiger partial charge in [-0.3, -0.25) is 4.79 Å². The molecule has 2 heterocycles. The summed E-state index contributed by atoms with van der Waals surface area (Å²) in [4.78, 5) is 11.5. The van der Waals surface area contributed by atoms with Crippen LogP contribution in [-0.2, 0) is 9.53 Å². The zero-order valence-electron chi connectivity index (χ0n) is 10.5. The zero-order valence-corrected chi connectivity index (χ0v) is 12.1. The third-order valence-corrected chi connectivity index (χ3v) is 4.75. The number of carbonyl (C=O) groups is 1. The van der Waals surface area contributed by atoms with Gasteiger partial charge >= 0.3 is 5.97 Å². The predicted octanol–water partition coefficient (Wildman–Crippen LogP) is 2.55. The minimum atomic E-state index is -0.136. The van der Waals surface area contributed by atoms with Crippen molar-refractivity contribution < 1.29 is 9.53 Å². The molecule has 1 aliphatic rings. The molecule has 0 spiro atoms. The van der Waals surface area contributed by atoms with Crippen LogP contribution in [0.1, 0.15) is 33.1 Å². The van der Waals surface area contributed by atoms with Gasteiger partial charge in [-0.05, 0) is 13.3 Å². The summed E-state index contributed by atoms with van der Waals surface area (Å²) in [6.45, 7) is 4.98. The van der Waals surface area contributed by atoms with E-state index in [1.54, 1.807) is 0 Å². The topological polar surface area (TPSA) is 64.1 Å². The number of hydrogen-bond acceptors (Lipinski definition) is 7. The number of nitrogens with zero attached hydrogens (tertiary/aromatic N) is 2. The number of rotatable bonds is 6. The first kappa shape index (κ1) is 13.6. The number of ether oxygens (including phenoxy) is 1. The maximum atomic E-state index is 11.5. The van der Waals surface area contributed by atoms with Crippen LogP contribution >= 0.6 is 23.1 Å². The quantitative estimate of drug-likeness (QED) is 0.641. The van der Waals surface area contributed by atoms with E-state index in [1.807, 2.05) is 6.92 Å². The molecule has 0 radical (unpaired) electrons. The molecule has 100 valence electrons. The summed E-state index contributed by atoms with van der Waals surface area (Å²) >= 11 is 2.95. The molecule has 0 saturated carbocycles. The van der Waals surface area contributed by atoms with E-state index in [4.69, 9.17) is 4.74 Å². The molecule has 1 saturated heterocycles. The maximum Gasteiger partial charge on any atom is 0.319 e. The molecule has 2 atom stereocenters. The summed E-state index contributed by atoms with van der Waals surface area (Å²) in [6, 6.07) is 0. The molecule has 18 heavy (non-hydrogen) atoms. The van der Waals surface area contributed by atoms with Crippen molar-refractivity contribution in [3.8, 4) is 0 Å². The van der Waals surface area contributed by atoms with Crippen LogP contribution < -0.4 is 5.32 Å². The Kier molecular flexibility index (Phi) is 4.82. The van der Waals surface area contributed by atoms with Gasteiger partial charge in [-0.1, -0.05) is 36.4 Å². The third kappa shape index (κ3) is 3.58. The minimum absolute atomic E-state index is 0.0186. The summed E-state index contributed by atoms with van der Waals surface area (Å²) in [5, 5.41) is 12.1. The van der Waals surface area contributed by atoms with Crippen molar-refractivity contribution in [2.24, 2.45) is 0 Å². The first-order valence-corrected chi connectivity index (χ1v) is 7.83. The van der Waals surface area contributed by atoms with Gasteiger partial charge in [-0.25, -0.2) is 0 Å². The summed E-state index contributed by atoms with van der Waals surface area (Å²) in [7, 11) is 0. The number of unbranched alkanes of at least 4 members (excludes halogenated alkanes) is 1. The molecule has 0 bridgehead atoms. The normalized spacial score (nSPS) is 23.1. The Labute approximate surface area is 115 Å². The summed E-state index contributed by atoms with van der Waals surface area (Å²) in [5.41, 5.74) is 0. The van der Waals surface area contributed by atoms with Gasteiger partial charge in [0, 0.05) is 13.0 Å². The highest BCUT2D eigenvalue weighted by molar-refractivity contribution is 8.02. The lowest BCUT2D eigenvalue weighted by atomic mass is 10.3. The summed E-state index contributed by atoms with van der Waals surface area (Å²) in [5.74, 6) is -0.136. The Morgan fingerprint density at radius 2 is 2.39 bits per heavy atom. The Balaban J connectivity index is 1.84. The second kappa shape index (κ2) is 6.38. The number of hydrogen-bond donors (Lipinski definition) is 1. The van der Waals surface area contributed by atoms with Gasteiger partial charge < -0.3 is 10.1 Å². The Morgan fingerprint density at radius 3 is 3.06 bits per heavy atom. The molecule has 1 N–H and O–H groups in total. The monoisotopic (exact) mass is 287 g/mol. The van der Waals surface area contributed by atoms with Gasteiger partial charge in [-0.2, -0.15) is 0 Å². The second-order valence-corrected chi connectivity index (χ2v) is 6.67. The van der Waals surface area contributed by atoms with Crippen molar-refractivity contribution in [3.05, 3.63) is 0 Å². The largest absolute Gasteiger partial charge is 0.462 e. The number of esters is 1. The predicted molar refractivity (Wildman–Crippen MR) is 73.1 cm³/mol. The van der Waals surface area contributed by atoms with Gasteiger partial charge in [-0.15, -0.1) is 10.2 Å². The van der Waals surface area contributed by atoms with E-state index < -0.39 is 0 Å². The van der Waals surface area contributed by atoms with Crippen LogP contribution in [-0.4, -0.2) is 34.1 Å². The van der Waals surface area contributed by atoms with Crippen LogP contribution in [0.2, 0.25) is 0 Å². The van der Waals surface area contributed by atoms with E-state index in [1.165, 1.54) is 23.1 Å². The Bertz CT molecular complexity index is 411. The van der Waals surface area contributed by atoms with Crippen LogP contribution in [0.3, 0.4) is 0 Å². The molecule has 0 unspecified atom stereocenters. The van der Waals surface area contributed by atoms with Gasteiger partial charge in [0.15, 0.2) is 4.34 Å². The fraction of sp³-hybridized carbons (Fsp3) is 0.727. The highest BCUT2D eigenvalue weighted by Crippen LogP contribution is 2.34. The summed E-state index contributed by atoms with van der Waals surface area (Å²) in [6.07, 6.45) is 3.04. The molecule has 0 aromatic carbocycles. The fourth-order valence-corrected chi connectivity index (χ4v) is 3.77. The minimum Gasteiger partial charge on any atom is -0.462 e. The molecule has 0 aliphatic carbocycles. The number of anilines is 1. The van der Waals surface area contributed by atoms with Gasteiger partial charge in [0.1, 0.15) is 11.4 Å². The van der Waals surface area contributed by atoms with Crippen molar-refractivity contribution >= 4 is 34.2 Å². The van der Waals surface area contributed by atoms with E-state index in [0.717, 1.165) is 35.3 Å². The van der Waals surface area contributed by atoms with E-state index in [-0.39, 0.29) is 17.3 Å². The standard InChI is InChI=1S/C11H17N3O2S2/c1-3-4-5-12-10-13-14-11(18-10)17-8-6-7(2)16-9(8)15/h7-8H,3-6H2,1-2H3,(H,12,13)/t7-,8+/m0/s1. The average molecular weight is 287 g/mol. The van der Waals surface area contributed by atoms with Crippen LogP contribution in [0.5, 0.6) is 0 Å². The lowest BCUT2D eigenvalue weighted by molar-refractivity contribution is -0.140. The van der Waals surface area contributed by atoms with Crippen LogP contribution in [0.25, 0.3) is 0 Å². The van der Waals surface area contributed by atoms with Crippen molar-refractivity contribution in [1.82, 2.24) is 10.2 Å². The maximum absolute atomic E-state index is 11.5. The van der Waals surface area contributed by atoms with Crippen molar-refractivity contribution in [2.75, 3.05) is 11.9 Å². The third-order valence-electron chi connectivity index (χ3n) is 2.58. The van der Waals surface area contributed by atoms with Gasteiger partial charge in [0.2, 0.25) is 5.13 Å². The van der Waals surface area contributed by atoms with Crippen LogP contribution in [0, 0.1) is 0 Å².